The molecule has 0 spiro atoms. The molecule has 7 heteroatoms. The van der Waals surface area contributed by atoms with Gasteiger partial charge in [0, 0.05) is 24.8 Å². The lowest BCUT2D eigenvalue weighted by molar-refractivity contribution is -0.148. The van der Waals surface area contributed by atoms with Crippen molar-refractivity contribution in [2.45, 2.75) is 25.7 Å². The van der Waals surface area contributed by atoms with Crippen LogP contribution in [0.1, 0.15) is 16.7 Å². The summed E-state index contributed by atoms with van der Waals surface area (Å²) in [4.78, 5) is 0. The van der Waals surface area contributed by atoms with Gasteiger partial charge in [0.25, 0.3) is 0 Å². The van der Waals surface area contributed by atoms with Crippen LogP contribution in [-0.4, -0.2) is 24.3 Å². The van der Waals surface area contributed by atoms with Crippen LogP contribution in [0.15, 0.2) is 48.5 Å². The van der Waals surface area contributed by atoms with Gasteiger partial charge in [-0.3, -0.25) is 0 Å². The smallest absolute Gasteiger partial charge is 0.381 e. The van der Waals surface area contributed by atoms with Crippen LogP contribution in [0.25, 0.3) is 5.70 Å². The van der Waals surface area contributed by atoms with Gasteiger partial charge in [-0.15, -0.1) is 0 Å². The number of alkyl halides is 3. The average Bonchev–Trinajstić information content (AvgIpc) is 2.96. The predicted molar refractivity (Wildman–Crippen MR) is 93.6 cm³/mol. The van der Waals surface area contributed by atoms with Gasteiger partial charge in [-0.1, -0.05) is 24.3 Å². The molecular weight excluding hydrogens is 346 g/mol. The molecule has 1 atom stereocenters. The van der Waals surface area contributed by atoms with Crippen LogP contribution in [0, 0.1) is 12.7 Å². The van der Waals surface area contributed by atoms with Crippen LogP contribution < -0.4 is 10.7 Å². The summed E-state index contributed by atoms with van der Waals surface area (Å²) >= 11 is 0. The Hall–Kier alpha value is -2.54. The van der Waals surface area contributed by atoms with E-state index in [1.165, 1.54) is 24.2 Å². The van der Waals surface area contributed by atoms with E-state index in [4.69, 9.17) is 0 Å². The molecule has 2 aromatic rings. The van der Waals surface area contributed by atoms with Gasteiger partial charge in [-0.2, -0.15) is 13.2 Å². The molecule has 3 nitrogen and oxygen atoms in total. The number of nitrogens with one attached hydrogen (secondary N) is 2. The molecule has 0 saturated heterocycles. The minimum atomic E-state index is -4.43. The first kappa shape index (κ1) is 18.3. The Morgan fingerprint density at radius 1 is 1.15 bits per heavy atom. The van der Waals surface area contributed by atoms with Crippen LogP contribution in [-0.2, 0) is 6.54 Å². The lowest BCUT2D eigenvalue weighted by Crippen LogP contribution is -2.42. The molecule has 26 heavy (non-hydrogen) atoms. The Balaban J connectivity index is 1.77. The first-order valence-electron chi connectivity index (χ1n) is 8.12. The zero-order valence-corrected chi connectivity index (χ0v) is 14.4. The summed E-state index contributed by atoms with van der Waals surface area (Å²) in [6.07, 6.45) is -3.44. The molecule has 0 saturated carbocycles. The van der Waals surface area contributed by atoms with Crippen molar-refractivity contribution < 1.29 is 17.6 Å². The van der Waals surface area contributed by atoms with Crippen molar-refractivity contribution in [2.75, 3.05) is 12.4 Å². The topological polar surface area (TPSA) is 27.3 Å². The van der Waals surface area contributed by atoms with Crippen molar-refractivity contribution in [3.05, 3.63) is 71.0 Å². The molecule has 1 aliphatic heterocycles. The van der Waals surface area contributed by atoms with E-state index in [2.05, 4.69) is 10.7 Å². The van der Waals surface area contributed by atoms with Crippen LogP contribution in [0.5, 0.6) is 0 Å². The molecule has 1 heterocycles. The molecule has 1 aliphatic rings. The zero-order chi connectivity index (χ0) is 18.9. The van der Waals surface area contributed by atoms with E-state index < -0.39 is 18.0 Å². The number of benzene rings is 2. The third-order valence-corrected chi connectivity index (χ3v) is 4.36. The highest BCUT2D eigenvalue weighted by Gasteiger charge is 2.42. The fourth-order valence-electron chi connectivity index (χ4n) is 2.86. The van der Waals surface area contributed by atoms with Crippen LogP contribution in [0.4, 0.5) is 23.2 Å². The number of hydrogen-bond acceptors (Lipinski definition) is 3. The quantitative estimate of drug-likeness (QED) is 0.783. The summed E-state index contributed by atoms with van der Waals surface area (Å²) < 4.78 is 53.0. The molecule has 0 radical (unpaired) electrons. The molecule has 0 bridgehead atoms. The van der Waals surface area contributed by atoms with Gasteiger partial charge < -0.3 is 10.3 Å². The van der Waals surface area contributed by atoms with E-state index in [-0.39, 0.29) is 11.3 Å². The summed E-state index contributed by atoms with van der Waals surface area (Å²) in [6, 6.07) is 10.5. The lowest BCUT2D eigenvalue weighted by atomic mass is 10.1. The van der Waals surface area contributed by atoms with Gasteiger partial charge in [0.05, 0.1) is 5.70 Å². The number of halogens is 4. The predicted octanol–water partition coefficient (Wildman–Crippen LogP) is 4.47. The molecule has 0 amide bonds. The van der Waals surface area contributed by atoms with Gasteiger partial charge >= 0.3 is 6.18 Å². The van der Waals surface area contributed by atoms with E-state index in [1.807, 2.05) is 31.2 Å². The second-order valence-electron chi connectivity index (χ2n) is 6.23. The SMILES string of the molecule is Cc1ccccc1CNc1ccc(C2=CC(C(F)(F)F)NN2C)c(F)c1. The van der Waals surface area contributed by atoms with Crippen LogP contribution >= 0.6 is 0 Å². The van der Waals surface area contributed by atoms with Gasteiger partial charge in [-0.05, 0) is 42.3 Å². The third-order valence-electron chi connectivity index (χ3n) is 4.36. The van der Waals surface area contributed by atoms with E-state index in [0.29, 0.717) is 12.2 Å². The fraction of sp³-hybridized carbons (Fsp3) is 0.263. The van der Waals surface area contributed by atoms with Crippen LogP contribution in [0.2, 0.25) is 0 Å². The minimum absolute atomic E-state index is 0.119. The maximum absolute atomic E-state index is 14.5. The molecule has 2 aromatic carbocycles. The second-order valence-corrected chi connectivity index (χ2v) is 6.23. The number of hydrazine groups is 1. The van der Waals surface area contributed by atoms with E-state index in [9.17, 15) is 17.6 Å². The number of anilines is 1. The van der Waals surface area contributed by atoms with E-state index >= 15 is 0 Å². The Labute approximate surface area is 149 Å². The monoisotopic (exact) mass is 365 g/mol. The maximum atomic E-state index is 14.5. The normalized spacial score (nSPS) is 17.4. The maximum Gasteiger partial charge on any atom is 0.409 e. The van der Waals surface area contributed by atoms with Crippen LogP contribution in [0.3, 0.4) is 0 Å². The Bertz CT molecular complexity index is 830. The van der Waals surface area contributed by atoms with Crippen molar-refractivity contribution in [3.8, 4) is 0 Å². The first-order valence-corrected chi connectivity index (χ1v) is 8.12. The molecule has 138 valence electrons. The highest BCUT2D eigenvalue weighted by Crippen LogP contribution is 2.32. The number of hydrogen-bond donors (Lipinski definition) is 2. The third kappa shape index (κ3) is 3.83. The van der Waals surface area contributed by atoms with Crippen molar-refractivity contribution in [1.82, 2.24) is 10.4 Å². The number of rotatable bonds is 4. The molecule has 1 unspecified atom stereocenters. The number of aryl methyl sites for hydroxylation is 1. The van der Waals surface area contributed by atoms with Crippen molar-refractivity contribution in [3.63, 3.8) is 0 Å². The van der Waals surface area contributed by atoms with Gasteiger partial charge in [0.1, 0.15) is 11.9 Å². The Kier molecular flexibility index (Phi) is 4.91. The summed E-state index contributed by atoms with van der Waals surface area (Å²) in [6.45, 7) is 2.53. The fourth-order valence-corrected chi connectivity index (χ4v) is 2.86. The van der Waals surface area contributed by atoms with Crippen molar-refractivity contribution in [2.24, 2.45) is 0 Å². The standard InChI is InChI=1S/C19H19F4N3/c1-12-5-3-4-6-13(12)11-24-14-7-8-15(16(20)9-14)17-10-18(19(21,22)23)25-26(17)2/h3-10,18,24-25H,11H2,1-2H3. The van der Waals surface area contributed by atoms with E-state index in [0.717, 1.165) is 17.2 Å². The summed E-state index contributed by atoms with van der Waals surface area (Å²) in [7, 11) is 1.43. The molecule has 0 fully saturated rings. The first-order chi connectivity index (χ1) is 12.3. The highest BCUT2D eigenvalue weighted by atomic mass is 19.4. The molecule has 0 aliphatic carbocycles. The summed E-state index contributed by atoms with van der Waals surface area (Å²) in [5, 5.41) is 4.33. The Morgan fingerprint density at radius 2 is 1.88 bits per heavy atom. The van der Waals surface area contributed by atoms with Gasteiger partial charge in [0.15, 0.2) is 0 Å². The second kappa shape index (κ2) is 6.99. The van der Waals surface area contributed by atoms with E-state index in [1.54, 1.807) is 6.07 Å². The van der Waals surface area contributed by atoms with Gasteiger partial charge in [0.2, 0.25) is 0 Å². The zero-order valence-electron chi connectivity index (χ0n) is 14.4. The highest BCUT2D eigenvalue weighted by molar-refractivity contribution is 5.68. The molecule has 3 rings (SSSR count). The lowest BCUT2D eigenvalue weighted by Gasteiger charge is -2.20. The van der Waals surface area contributed by atoms with Gasteiger partial charge in [-0.25, -0.2) is 9.82 Å². The molecule has 0 aromatic heterocycles. The summed E-state index contributed by atoms with van der Waals surface area (Å²) in [5.74, 6) is -0.581. The largest absolute Gasteiger partial charge is 0.409 e. The summed E-state index contributed by atoms with van der Waals surface area (Å²) in [5.41, 5.74) is 5.33. The molecular formula is C19H19F4N3. The molecule has 2 N–H and O–H groups in total. The van der Waals surface area contributed by atoms with Crippen molar-refractivity contribution in [1.29, 1.82) is 0 Å². The minimum Gasteiger partial charge on any atom is -0.381 e. The average molecular weight is 365 g/mol. The number of nitrogens with zero attached hydrogens (tertiary/aromatic N) is 1. The Morgan fingerprint density at radius 3 is 2.50 bits per heavy atom. The van der Waals surface area contributed by atoms with Crippen molar-refractivity contribution >= 4 is 11.4 Å².